The van der Waals surface area contributed by atoms with Crippen LogP contribution in [0.15, 0.2) is 60.0 Å². The van der Waals surface area contributed by atoms with Crippen molar-refractivity contribution in [2.24, 2.45) is 5.92 Å². The Hall–Kier alpha value is -2.86. The van der Waals surface area contributed by atoms with E-state index in [-0.39, 0.29) is 18.4 Å². The number of carboxylic acids is 1. The number of carboxylic acid groups (broad SMARTS) is 1. The van der Waals surface area contributed by atoms with Gasteiger partial charge in [-0.2, -0.15) is 0 Å². The number of aromatic nitrogens is 1. The summed E-state index contributed by atoms with van der Waals surface area (Å²) in [5.74, 6) is 0.943. The Morgan fingerprint density at radius 2 is 1.78 bits per heavy atom. The molecular weight excluding hydrogens is 360 g/mol. The SMILES string of the molecule is CC(C)C(CC(=O)O)Nc1nc(-c2ccc(Oc3ccccc3)cc2)cs1. The number of rotatable bonds is 8. The summed E-state index contributed by atoms with van der Waals surface area (Å²) in [4.78, 5) is 15.6. The maximum Gasteiger partial charge on any atom is 0.305 e. The molecular formula is C21H22N2O3S. The second kappa shape index (κ2) is 8.68. The van der Waals surface area contributed by atoms with Gasteiger partial charge in [0.05, 0.1) is 12.1 Å². The van der Waals surface area contributed by atoms with E-state index in [9.17, 15) is 4.79 Å². The summed E-state index contributed by atoms with van der Waals surface area (Å²) in [7, 11) is 0. The molecule has 0 amide bonds. The van der Waals surface area contributed by atoms with Crippen molar-refractivity contribution >= 4 is 22.4 Å². The second-order valence-corrected chi connectivity index (χ2v) is 7.43. The molecule has 0 saturated heterocycles. The third kappa shape index (κ3) is 5.31. The largest absolute Gasteiger partial charge is 0.481 e. The Morgan fingerprint density at radius 3 is 2.41 bits per heavy atom. The normalized spacial score (nSPS) is 12.0. The van der Waals surface area contributed by atoms with Crippen LogP contribution in [-0.2, 0) is 4.79 Å². The van der Waals surface area contributed by atoms with Gasteiger partial charge in [0.1, 0.15) is 11.5 Å². The Kier molecular flexibility index (Phi) is 6.08. The summed E-state index contributed by atoms with van der Waals surface area (Å²) in [6, 6.07) is 17.2. The Labute approximate surface area is 162 Å². The lowest BCUT2D eigenvalue weighted by Gasteiger charge is -2.19. The fourth-order valence-electron chi connectivity index (χ4n) is 2.59. The van der Waals surface area contributed by atoms with E-state index in [4.69, 9.17) is 9.84 Å². The van der Waals surface area contributed by atoms with Crippen LogP contribution in [0.5, 0.6) is 11.5 Å². The number of hydrogen-bond donors (Lipinski definition) is 2. The summed E-state index contributed by atoms with van der Waals surface area (Å²) in [5, 5.41) is 15.0. The van der Waals surface area contributed by atoms with Crippen molar-refractivity contribution in [1.29, 1.82) is 0 Å². The van der Waals surface area contributed by atoms with Gasteiger partial charge in [0, 0.05) is 17.0 Å². The lowest BCUT2D eigenvalue weighted by atomic mass is 10.0. The number of carbonyl (C=O) groups is 1. The molecule has 140 valence electrons. The van der Waals surface area contributed by atoms with Gasteiger partial charge in [-0.15, -0.1) is 11.3 Å². The maximum absolute atomic E-state index is 11.0. The molecule has 0 bridgehead atoms. The topological polar surface area (TPSA) is 71.5 Å². The summed E-state index contributed by atoms with van der Waals surface area (Å²) in [6.45, 7) is 4.00. The minimum absolute atomic E-state index is 0.0676. The van der Waals surface area contributed by atoms with Crippen molar-refractivity contribution in [1.82, 2.24) is 4.98 Å². The highest BCUT2D eigenvalue weighted by Crippen LogP contribution is 2.29. The molecule has 27 heavy (non-hydrogen) atoms. The van der Waals surface area contributed by atoms with Crippen LogP contribution in [0.2, 0.25) is 0 Å². The van der Waals surface area contributed by atoms with E-state index in [1.54, 1.807) is 0 Å². The fourth-order valence-corrected chi connectivity index (χ4v) is 3.37. The molecule has 0 radical (unpaired) electrons. The number of hydrogen-bond acceptors (Lipinski definition) is 5. The molecule has 3 aromatic rings. The monoisotopic (exact) mass is 382 g/mol. The van der Waals surface area contributed by atoms with Gasteiger partial charge in [-0.25, -0.2) is 4.98 Å². The van der Waals surface area contributed by atoms with Crippen LogP contribution in [0, 0.1) is 5.92 Å². The predicted molar refractivity (Wildman–Crippen MR) is 109 cm³/mol. The molecule has 0 fully saturated rings. The van der Waals surface area contributed by atoms with Crippen molar-refractivity contribution in [2.75, 3.05) is 5.32 Å². The summed E-state index contributed by atoms with van der Waals surface area (Å²) in [6.07, 6.45) is 0.0676. The van der Waals surface area contributed by atoms with Gasteiger partial charge >= 0.3 is 5.97 Å². The first-order chi connectivity index (χ1) is 13.0. The zero-order chi connectivity index (χ0) is 19.2. The molecule has 2 N–H and O–H groups in total. The molecule has 0 saturated carbocycles. The highest BCUT2D eigenvalue weighted by atomic mass is 32.1. The lowest BCUT2D eigenvalue weighted by molar-refractivity contribution is -0.137. The number of benzene rings is 2. The molecule has 3 rings (SSSR count). The summed E-state index contributed by atoms with van der Waals surface area (Å²) >= 11 is 1.48. The zero-order valence-electron chi connectivity index (χ0n) is 15.3. The van der Waals surface area contributed by atoms with E-state index in [0.29, 0.717) is 0 Å². The molecule has 0 aliphatic heterocycles. The van der Waals surface area contributed by atoms with Gasteiger partial charge < -0.3 is 15.2 Å². The van der Waals surface area contributed by atoms with Crippen molar-refractivity contribution in [3.63, 3.8) is 0 Å². The number of ether oxygens (including phenoxy) is 1. The van der Waals surface area contributed by atoms with Crippen LogP contribution in [0.25, 0.3) is 11.3 Å². The Morgan fingerprint density at radius 1 is 1.11 bits per heavy atom. The second-order valence-electron chi connectivity index (χ2n) is 6.57. The third-order valence-corrected chi connectivity index (χ3v) is 4.91. The fraction of sp³-hybridized carbons (Fsp3) is 0.238. The van der Waals surface area contributed by atoms with Crippen molar-refractivity contribution in [3.8, 4) is 22.8 Å². The van der Waals surface area contributed by atoms with E-state index in [1.807, 2.05) is 73.8 Å². The molecule has 1 aromatic heterocycles. The van der Waals surface area contributed by atoms with Crippen LogP contribution >= 0.6 is 11.3 Å². The number of anilines is 1. The first-order valence-corrected chi connectivity index (χ1v) is 9.66. The third-order valence-electron chi connectivity index (χ3n) is 4.14. The van der Waals surface area contributed by atoms with Gasteiger partial charge in [-0.3, -0.25) is 4.79 Å². The molecule has 2 aromatic carbocycles. The molecule has 1 unspecified atom stereocenters. The van der Waals surface area contributed by atoms with Crippen LogP contribution in [-0.4, -0.2) is 22.1 Å². The van der Waals surface area contributed by atoms with E-state index in [2.05, 4.69) is 10.3 Å². The minimum atomic E-state index is -0.813. The molecule has 5 nitrogen and oxygen atoms in total. The predicted octanol–water partition coefficient (Wildman–Crippen LogP) is 5.51. The van der Waals surface area contributed by atoms with E-state index >= 15 is 0 Å². The zero-order valence-corrected chi connectivity index (χ0v) is 16.1. The standard InChI is InChI=1S/C21H22N2O3S/c1-14(2)18(12-20(24)25)22-21-23-19(13-27-21)15-8-10-17(11-9-15)26-16-6-4-3-5-7-16/h3-11,13-14,18H,12H2,1-2H3,(H,22,23)(H,24,25). The maximum atomic E-state index is 11.0. The highest BCUT2D eigenvalue weighted by Gasteiger charge is 2.18. The van der Waals surface area contributed by atoms with Crippen LogP contribution < -0.4 is 10.1 Å². The van der Waals surface area contributed by atoms with Gasteiger partial charge in [-0.05, 0) is 42.3 Å². The van der Waals surface area contributed by atoms with E-state index < -0.39 is 5.97 Å². The smallest absolute Gasteiger partial charge is 0.305 e. The number of para-hydroxylation sites is 1. The molecule has 1 atom stereocenters. The van der Waals surface area contributed by atoms with Gasteiger partial charge in [0.2, 0.25) is 0 Å². The summed E-state index contributed by atoms with van der Waals surface area (Å²) in [5.41, 5.74) is 1.84. The summed E-state index contributed by atoms with van der Waals surface area (Å²) < 4.78 is 5.80. The highest BCUT2D eigenvalue weighted by molar-refractivity contribution is 7.14. The quantitative estimate of drug-likeness (QED) is 0.537. The molecule has 0 aliphatic carbocycles. The van der Waals surface area contributed by atoms with Crippen molar-refractivity contribution < 1.29 is 14.6 Å². The first-order valence-electron chi connectivity index (χ1n) is 8.78. The van der Waals surface area contributed by atoms with Crippen LogP contribution in [0.1, 0.15) is 20.3 Å². The van der Waals surface area contributed by atoms with E-state index in [1.165, 1.54) is 11.3 Å². The Balaban J connectivity index is 1.68. The van der Waals surface area contributed by atoms with Gasteiger partial charge in [0.25, 0.3) is 0 Å². The van der Waals surface area contributed by atoms with Crippen molar-refractivity contribution in [3.05, 3.63) is 60.0 Å². The van der Waals surface area contributed by atoms with Crippen molar-refractivity contribution in [2.45, 2.75) is 26.3 Å². The molecule has 1 heterocycles. The number of nitrogens with zero attached hydrogens (tertiary/aromatic N) is 1. The number of thiazole rings is 1. The Bertz CT molecular complexity index is 876. The molecule has 0 spiro atoms. The van der Waals surface area contributed by atoms with Gasteiger partial charge in [-0.1, -0.05) is 32.0 Å². The van der Waals surface area contributed by atoms with E-state index in [0.717, 1.165) is 27.9 Å². The van der Waals surface area contributed by atoms with Gasteiger partial charge in [0.15, 0.2) is 5.13 Å². The first kappa shape index (κ1) is 18.9. The lowest BCUT2D eigenvalue weighted by Crippen LogP contribution is -2.28. The molecule has 6 heteroatoms. The minimum Gasteiger partial charge on any atom is -0.481 e. The van der Waals surface area contributed by atoms with Crippen LogP contribution in [0.4, 0.5) is 5.13 Å². The molecule has 0 aliphatic rings. The number of aliphatic carboxylic acids is 1. The number of nitrogens with one attached hydrogen (secondary N) is 1. The van der Waals surface area contributed by atoms with Crippen LogP contribution in [0.3, 0.4) is 0 Å². The average molecular weight is 382 g/mol. The average Bonchev–Trinajstić information content (AvgIpc) is 3.11.